The molecule has 2 aromatic carbocycles. The van der Waals surface area contributed by atoms with Crippen molar-refractivity contribution in [3.63, 3.8) is 0 Å². The second-order valence-electron chi connectivity index (χ2n) is 4.86. The van der Waals surface area contributed by atoms with E-state index in [0.717, 1.165) is 5.56 Å². The first-order valence-electron chi connectivity index (χ1n) is 6.59. The van der Waals surface area contributed by atoms with Crippen LogP contribution in [0.25, 0.3) is 0 Å². The highest BCUT2D eigenvalue weighted by molar-refractivity contribution is 6.05. The fourth-order valence-corrected chi connectivity index (χ4v) is 2.43. The molecule has 2 amide bonds. The van der Waals surface area contributed by atoms with Crippen LogP contribution in [0, 0.1) is 5.82 Å². The molecule has 0 saturated heterocycles. The molecule has 0 fully saturated rings. The van der Waals surface area contributed by atoms with Crippen molar-refractivity contribution in [2.24, 2.45) is 0 Å². The average Bonchev–Trinajstić information content (AvgIpc) is 2.48. The largest absolute Gasteiger partial charge is 0.326 e. The number of halogens is 1. The van der Waals surface area contributed by atoms with Gasteiger partial charge in [0.1, 0.15) is 5.82 Å². The zero-order valence-corrected chi connectivity index (χ0v) is 11.1. The van der Waals surface area contributed by atoms with E-state index >= 15 is 0 Å². The number of rotatable bonds is 2. The summed E-state index contributed by atoms with van der Waals surface area (Å²) in [6, 6.07) is 13.1. The fraction of sp³-hybridized carbons (Fsp3) is 0.125. The molecule has 5 heteroatoms. The highest BCUT2D eigenvalue weighted by Gasteiger charge is 2.30. The summed E-state index contributed by atoms with van der Waals surface area (Å²) in [5, 5.41) is 5.27. The zero-order valence-electron chi connectivity index (χ0n) is 11.1. The zero-order chi connectivity index (χ0) is 14.8. The van der Waals surface area contributed by atoms with Crippen LogP contribution in [0.5, 0.6) is 0 Å². The minimum Gasteiger partial charge on any atom is -0.326 e. The first kappa shape index (κ1) is 13.3. The van der Waals surface area contributed by atoms with Gasteiger partial charge in [-0.25, -0.2) is 4.39 Å². The molecule has 0 aromatic heterocycles. The lowest BCUT2D eigenvalue weighted by molar-refractivity contribution is -0.123. The Morgan fingerprint density at radius 1 is 1.14 bits per heavy atom. The molecule has 1 unspecified atom stereocenters. The molecule has 0 saturated carbocycles. The van der Waals surface area contributed by atoms with Crippen molar-refractivity contribution in [1.82, 2.24) is 0 Å². The lowest BCUT2D eigenvalue weighted by atomic mass is 9.90. The molecule has 2 N–H and O–H groups in total. The predicted molar refractivity (Wildman–Crippen MR) is 77.5 cm³/mol. The van der Waals surface area contributed by atoms with E-state index < -0.39 is 11.7 Å². The van der Waals surface area contributed by atoms with Gasteiger partial charge in [0, 0.05) is 12.1 Å². The van der Waals surface area contributed by atoms with Gasteiger partial charge in [-0.3, -0.25) is 9.59 Å². The van der Waals surface area contributed by atoms with Crippen LogP contribution in [0.2, 0.25) is 0 Å². The minimum atomic E-state index is -0.616. The number of nitrogens with one attached hydrogen (secondary N) is 2. The van der Waals surface area contributed by atoms with Gasteiger partial charge in [-0.1, -0.05) is 30.3 Å². The van der Waals surface area contributed by atoms with Gasteiger partial charge in [-0.2, -0.15) is 0 Å². The van der Waals surface area contributed by atoms with E-state index in [2.05, 4.69) is 10.6 Å². The van der Waals surface area contributed by atoms with Crippen molar-refractivity contribution < 1.29 is 14.0 Å². The smallest absolute Gasteiger partial charge is 0.232 e. The number of para-hydroxylation sites is 2. The Kier molecular flexibility index (Phi) is 3.39. The quantitative estimate of drug-likeness (QED) is 0.891. The van der Waals surface area contributed by atoms with E-state index in [1.54, 1.807) is 36.4 Å². The fourth-order valence-electron chi connectivity index (χ4n) is 2.43. The third-order valence-electron chi connectivity index (χ3n) is 3.45. The van der Waals surface area contributed by atoms with Gasteiger partial charge in [0.2, 0.25) is 11.8 Å². The monoisotopic (exact) mass is 284 g/mol. The number of fused-ring (bicyclic) bond motifs is 1. The Balaban J connectivity index is 1.88. The molecule has 1 aliphatic heterocycles. The van der Waals surface area contributed by atoms with E-state index in [4.69, 9.17) is 0 Å². The van der Waals surface area contributed by atoms with Crippen molar-refractivity contribution in [2.45, 2.75) is 12.3 Å². The molecular formula is C16H13FN2O2. The van der Waals surface area contributed by atoms with Crippen LogP contribution in [-0.2, 0) is 9.59 Å². The summed E-state index contributed by atoms with van der Waals surface area (Å²) in [5.41, 5.74) is 1.49. The Morgan fingerprint density at radius 3 is 2.67 bits per heavy atom. The lowest BCUT2D eigenvalue weighted by Crippen LogP contribution is -2.30. The molecule has 2 aromatic rings. The molecule has 106 valence electrons. The van der Waals surface area contributed by atoms with Crippen molar-refractivity contribution >= 4 is 23.2 Å². The predicted octanol–water partition coefficient (Wildman–Crippen LogP) is 2.89. The maximum Gasteiger partial charge on any atom is 0.232 e. The third kappa shape index (κ3) is 2.63. The van der Waals surface area contributed by atoms with Crippen LogP contribution < -0.4 is 10.6 Å². The molecule has 21 heavy (non-hydrogen) atoms. The Bertz CT molecular complexity index is 715. The van der Waals surface area contributed by atoms with Gasteiger partial charge >= 0.3 is 0 Å². The maximum absolute atomic E-state index is 13.6. The van der Waals surface area contributed by atoms with Crippen molar-refractivity contribution in [2.75, 3.05) is 10.6 Å². The van der Waals surface area contributed by atoms with Crippen molar-refractivity contribution in [3.05, 3.63) is 59.9 Å². The normalized spacial score (nSPS) is 16.8. The highest BCUT2D eigenvalue weighted by Crippen LogP contribution is 2.32. The highest BCUT2D eigenvalue weighted by atomic mass is 19.1. The first-order chi connectivity index (χ1) is 10.1. The SMILES string of the molecule is O=C1CC(C(=O)Nc2ccccc2F)c2ccccc2N1. The van der Waals surface area contributed by atoms with Gasteiger partial charge in [-0.15, -0.1) is 0 Å². The van der Waals surface area contributed by atoms with Gasteiger partial charge in [0.15, 0.2) is 0 Å². The van der Waals surface area contributed by atoms with Crippen LogP contribution in [0.1, 0.15) is 17.9 Å². The number of carbonyl (C=O) groups is 2. The van der Waals surface area contributed by atoms with E-state index in [1.807, 2.05) is 0 Å². The molecule has 1 atom stereocenters. The Labute approximate surface area is 121 Å². The van der Waals surface area contributed by atoms with Crippen LogP contribution in [0.15, 0.2) is 48.5 Å². The second-order valence-corrected chi connectivity index (χ2v) is 4.86. The number of carbonyl (C=O) groups excluding carboxylic acids is 2. The number of amides is 2. The number of benzene rings is 2. The molecule has 0 radical (unpaired) electrons. The number of anilines is 2. The van der Waals surface area contributed by atoms with Crippen LogP contribution in [-0.4, -0.2) is 11.8 Å². The molecule has 0 bridgehead atoms. The van der Waals surface area contributed by atoms with E-state index in [-0.39, 0.29) is 23.9 Å². The van der Waals surface area contributed by atoms with Gasteiger partial charge in [0.05, 0.1) is 11.6 Å². The lowest BCUT2D eigenvalue weighted by Gasteiger charge is -2.24. The number of hydrogen-bond acceptors (Lipinski definition) is 2. The van der Waals surface area contributed by atoms with E-state index in [0.29, 0.717) is 5.69 Å². The first-order valence-corrected chi connectivity index (χ1v) is 6.59. The van der Waals surface area contributed by atoms with Gasteiger partial charge in [-0.05, 0) is 23.8 Å². The molecule has 1 heterocycles. The Hall–Kier alpha value is -2.69. The molecule has 1 aliphatic rings. The minimum absolute atomic E-state index is 0.0529. The van der Waals surface area contributed by atoms with E-state index in [1.165, 1.54) is 12.1 Å². The average molecular weight is 284 g/mol. The number of hydrogen-bond donors (Lipinski definition) is 2. The van der Waals surface area contributed by atoms with Crippen LogP contribution in [0.4, 0.5) is 15.8 Å². The summed E-state index contributed by atoms with van der Waals surface area (Å²) >= 11 is 0. The summed E-state index contributed by atoms with van der Waals surface area (Å²) < 4.78 is 13.6. The van der Waals surface area contributed by atoms with Crippen LogP contribution in [0.3, 0.4) is 0 Å². The van der Waals surface area contributed by atoms with Gasteiger partial charge in [0.25, 0.3) is 0 Å². The standard InChI is InChI=1S/C16H13FN2O2/c17-12-6-2-4-8-14(12)19-16(21)11-9-15(20)18-13-7-3-1-5-10(11)13/h1-8,11H,9H2,(H,18,20)(H,19,21). The molecule has 3 rings (SSSR count). The molecular weight excluding hydrogens is 271 g/mol. The Morgan fingerprint density at radius 2 is 1.86 bits per heavy atom. The van der Waals surface area contributed by atoms with Crippen molar-refractivity contribution in [3.8, 4) is 0 Å². The summed E-state index contributed by atoms with van der Waals surface area (Å²) in [4.78, 5) is 24.1. The summed E-state index contributed by atoms with van der Waals surface area (Å²) in [7, 11) is 0. The molecule has 0 aliphatic carbocycles. The van der Waals surface area contributed by atoms with Gasteiger partial charge < -0.3 is 10.6 Å². The van der Waals surface area contributed by atoms with Crippen molar-refractivity contribution in [1.29, 1.82) is 0 Å². The molecule has 4 nitrogen and oxygen atoms in total. The summed E-state index contributed by atoms with van der Waals surface area (Å²) in [6.07, 6.45) is 0.0529. The summed E-state index contributed by atoms with van der Waals surface area (Å²) in [5.74, 6) is -1.72. The summed E-state index contributed by atoms with van der Waals surface area (Å²) in [6.45, 7) is 0. The molecule has 0 spiro atoms. The second kappa shape index (κ2) is 5.36. The maximum atomic E-state index is 13.6. The van der Waals surface area contributed by atoms with E-state index in [9.17, 15) is 14.0 Å². The topological polar surface area (TPSA) is 58.2 Å². The van der Waals surface area contributed by atoms with Crippen LogP contribution >= 0.6 is 0 Å². The third-order valence-corrected chi connectivity index (χ3v) is 3.45.